The number of halogens is 1. The molecule has 0 aliphatic carbocycles. The molecule has 1 saturated heterocycles. The molecule has 6 heteroatoms. The minimum Gasteiger partial charge on any atom is -0.354 e. The van der Waals surface area contributed by atoms with Crippen LogP contribution in [0.3, 0.4) is 0 Å². The Balaban J connectivity index is 1.51. The van der Waals surface area contributed by atoms with Crippen LogP contribution in [0.5, 0.6) is 0 Å². The van der Waals surface area contributed by atoms with E-state index in [0.717, 1.165) is 30.8 Å². The number of hydrogen-bond donors (Lipinski definition) is 2. The van der Waals surface area contributed by atoms with Crippen molar-refractivity contribution in [1.82, 2.24) is 20.4 Å². The highest BCUT2D eigenvalue weighted by Crippen LogP contribution is 2.09. The number of amides is 1. The highest BCUT2D eigenvalue weighted by Gasteiger charge is 2.21. The molecule has 0 saturated carbocycles. The van der Waals surface area contributed by atoms with Gasteiger partial charge < -0.3 is 10.6 Å². The lowest BCUT2D eigenvalue weighted by molar-refractivity contribution is -0.122. The summed E-state index contributed by atoms with van der Waals surface area (Å²) in [6.45, 7) is 1.48. The third kappa shape index (κ3) is 3.51. The zero-order chi connectivity index (χ0) is 15.4. The summed E-state index contributed by atoms with van der Waals surface area (Å²) in [6.07, 6.45) is 4.47. The van der Waals surface area contributed by atoms with Gasteiger partial charge in [0, 0.05) is 19.2 Å². The van der Waals surface area contributed by atoms with Crippen molar-refractivity contribution < 1.29 is 9.18 Å². The second-order valence-electron chi connectivity index (χ2n) is 5.42. The molecule has 2 aromatic rings. The van der Waals surface area contributed by atoms with Crippen molar-refractivity contribution in [2.24, 2.45) is 0 Å². The number of hydrogen-bond acceptors (Lipinski definition) is 3. The topological polar surface area (TPSA) is 59.0 Å². The van der Waals surface area contributed by atoms with E-state index in [-0.39, 0.29) is 17.8 Å². The minimum absolute atomic E-state index is 0.0447. The molecule has 2 heterocycles. The molecule has 5 nitrogen and oxygen atoms in total. The van der Waals surface area contributed by atoms with Crippen molar-refractivity contribution >= 4 is 5.91 Å². The molecule has 0 radical (unpaired) electrons. The summed E-state index contributed by atoms with van der Waals surface area (Å²) in [5.74, 6) is -0.199. The number of carbonyl (C=O) groups excluding carboxylic acids is 1. The largest absolute Gasteiger partial charge is 0.354 e. The fourth-order valence-electron chi connectivity index (χ4n) is 2.58. The van der Waals surface area contributed by atoms with Gasteiger partial charge in [0.1, 0.15) is 5.82 Å². The van der Waals surface area contributed by atoms with E-state index in [2.05, 4.69) is 15.7 Å². The van der Waals surface area contributed by atoms with Crippen LogP contribution in [0.2, 0.25) is 0 Å². The molecule has 22 heavy (non-hydrogen) atoms. The molecule has 3 rings (SSSR count). The highest BCUT2D eigenvalue weighted by atomic mass is 19.1. The van der Waals surface area contributed by atoms with Gasteiger partial charge in [0.15, 0.2) is 0 Å². The molecule has 116 valence electrons. The Labute approximate surface area is 128 Å². The standard InChI is InChI=1S/C16H19FN4O/c17-12-3-5-14(6-4-12)21-11-8-13(20-21)7-10-19-16(22)15-2-1-9-18-15/h3-6,8,11,15,18H,1-2,7,9-10H2,(H,19,22). The van der Waals surface area contributed by atoms with Crippen molar-refractivity contribution in [3.63, 3.8) is 0 Å². The molecule has 0 spiro atoms. The average molecular weight is 302 g/mol. The predicted octanol–water partition coefficient (Wildman–Crippen LogP) is 1.42. The normalized spacial score (nSPS) is 17.6. The molecule has 1 aliphatic heterocycles. The first-order chi connectivity index (χ1) is 10.7. The quantitative estimate of drug-likeness (QED) is 0.878. The lowest BCUT2D eigenvalue weighted by atomic mass is 10.2. The zero-order valence-corrected chi connectivity index (χ0v) is 12.3. The van der Waals surface area contributed by atoms with E-state index < -0.39 is 0 Å². The molecule has 2 N–H and O–H groups in total. The molecule has 1 amide bonds. The molecule has 1 atom stereocenters. The molecule has 0 bridgehead atoms. The maximum Gasteiger partial charge on any atom is 0.237 e. The summed E-state index contributed by atoms with van der Waals surface area (Å²) >= 11 is 0. The SMILES string of the molecule is O=C(NCCc1ccn(-c2ccc(F)cc2)n1)C1CCCN1. The molecular weight excluding hydrogens is 283 g/mol. The number of nitrogens with zero attached hydrogens (tertiary/aromatic N) is 2. The van der Waals surface area contributed by atoms with Crippen LogP contribution in [0.25, 0.3) is 5.69 Å². The maximum absolute atomic E-state index is 12.9. The Kier molecular flexibility index (Phi) is 4.48. The Hall–Kier alpha value is -2.21. The number of benzene rings is 1. The average Bonchev–Trinajstić information content (AvgIpc) is 3.19. The van der Waals surface area contributed by atoms with Crippen molar-refractivity contribution in [2.75, 3.05) is 13.1 Å². The van der Waals surface area contributed by atoms with Crippen LogP contribution in [0.15, 0.2) is 36.5 Å². The van der Waals surface area contributed by atoms with Crippen molar-refractivity contribution in [3.8, 4) is 5.69 Å². The fourth-order valence-corrected chi connectivity index (χ4v) is 2.58. The van der Waals surface area contributed by atoms with Gasteiger partial charge in [-0.1, -0.05) is 0 Å². The molecule has 1 fully saturated rings. The molecule has 1 aliphatic rings. The Bertz CT molecular complexity index is 632. The van der Waals surface area contributed by atoms with Gasteiger partial charge >= 0.3 is 0 Å². The van der Waals surface area contributed by atoms with E-state index in [4.69, 9.17) is 0 Å². The molecule has 1 aromatic carbocycles. The lowest BCUT2D eigenvalue weighted by Crippen LogP contribution is -2.41. The monoisotopic (exact) mass is 302 g/mol. The minimum atomic E-state index is -0.264. The summed E-state index contributed by atoms with van der Waals surface area (Å²) < 4.78 is 14.6. The summed E-state index contributed by atoms with van der Waals surface area (Å²) in [5, 5.41) is 10.5. The van der Waals surface area contributed by atoms with Gasteiger partial charge in [-0.15, -0.1) is 0 Å². The van der Waals surface area contributed by atoms with Gasteiger partial charge in [0.25, 0.3) is 0 Å². The number of aromatic nitrogens is 2. The molecule has 1 unspecified atom stereocenters. The molecular formula is C16H19FN4O. The first-order valence-electron chi connectivity index (χ1n) is 7.54. The van der Waals surface area contributed by atoms with Gasteiger partial charge in [0.2, 0.25) is 5.91 Å². The van der Waals surface area contributed by atoms with Crippen LogP contribution < -0.4 is 10.6 Å². The third-order valence-corrected chi connectivity index (χ3v) is 3.79. The van der Waals surface area contributed by atoms with E-state index in [0.29, 0.717) is 13.0 Å². The lowest BCUT2D eigenvalue weighted by Gasteiger charge is -2.10. The zero-order valence-electron chi connectivity index (χ0n) is 12.3. The van der Waals surface area contributed by atoms with Gasteiger partial charge in [0.05, 0.1) is 17.4 Å². The van der Waals surface area contributed by atoms with Gasteiger partial charge in [-0.25, -0.2) is 9.07 Å². The van der Waals surface area contributed by atoms with Crippen LogP contribution in [0.4, 0.5) is 4.39 Å². The maximum atomic E-state index is 12.9. The summed E-state index contributed by atoms with van der Waals surface area (Å²) in [4.78, 5) is 11.9. The second-order valence-corrected chi connectivity index (χ2v) is 5.42. The Morgan fingerprint density at radius 2 is 2.18 bits per heavy atom. The second kappa shape index (κ2) is 6.70. The number of rotatable bonds is 5. The summed E-state index contributed by atoms with van der Waals surface area (Å²) in [6, 6.07) is 8.04. The van der Waals surface area contributed by atoms with Crippen molar-refractivity contribution in [1.29, 1.82) is 0 Å². The first-order valence-corrected chi connectivity index (χ1v) is 7.54. The van der Waals surface area contributed by atoms with E-state index in [1.807, 2.05) is 12.3 Å². The Morgan fingerprint density at radius 3 is 2.91 bits per heavy atom. The van der Waals surface area contributed by atoms with Crippen LogP contribution >= 0.6 is 0 Å². The summed E-state index contributed by atoms with van der Waals surface area (Å²) in [5.41, 5.74) is 1.70. The molecule has 1 aromatic heterocycles. The van der Waals surface area contributed by atoms with E-state index >= 15 is 0 Å². The number of carbonyl (C=O) groups is 1. The highest BCUT2D eigenvalue weighted by molar-refractivity contribution is 5.81. The smallest absolute Gasteiger partial charge is 0.237 e. The Morgan fingerprint density at radius 1 is 1.36 bits per heavy atom. The van der Waals surface area contributed by atoms with Crippen molar-refractivity contribution in [2.45, 2.75) is 25.3 Å². The van der Waals surface area contributed by atoms with E-state index in [9.17, 15) is 9.18 Å². The van der Waals surface area contributed by atoms with E-state index in [1.165, 1.54) is 12.1 Å². The van der Waals surface area contributed by atoms with Crippen LogP contribution in [0.1, 0.15) is 18.5 Å². The van der Waals surface area contributed by atoms with Crippen LogP contribution in [-0.2, 0) is 11.2 Å². The summed E-state index contributed by atoms with van der Waals surface area (Å²) in [7, 11) is 0. The van der Waals surface area contributed by atoms with Crippen molar-refractivity contribution in [3.05, 3.63) is 48.0 Å². The van der Waals surface area contributed by atoms with E-state index in [1.54, 1.807) is 16.8 Å². The van der Waals surface area contributed by atoms with Crippen LogP contribution in [-0.4, -0.2) is 34.8 Å². The number of nitrogens with one attached hydrogen (secondary N) is 2. The predicted molar refractivity (Wildman–Crippen MR) is 81.3 cm³/mol. The third-order valence-electron chi connectivity index (χ3n) is 3.79. The van der Waals surface area contributed by atoms with Gasteiger partial charge in [-0.3, -0.25) is 4.79 Å². The van der Waals surface area contributed by atoms with Gasteiger partial charge in [-0.2, -0.15) is 5.10 Å². The van der Waals surface area contributed by atoms with Gasteiger partial charge in [-0.05, 0) is 49.7 Å². The van der Waals surface area contributed by atoms with Crippen LogP contribution in [0, 0.1) is 5.82 Å². The fraction of sp³-hybridized carbons (Fsp3) is 0.375. The first kappa shape index (κ1) is 14.7.